The molecule has 1 aromatic carbocycles. The number of fused-ring (bicyclic) bond motifs is 1. The minimum absolute atomic E-state index is 0.173. The maximum Gasteiger partial charge on any atom is 0.132 e. The first-order chi connectivity index (χ1) is 7.83. The number of aromatic nitrogens is 1. The molecule has 0 unspecified atom stereocenters. The highest BCUT2D eigenvalue weighted by molar-refractivity contribution is 5.80. The van der Waals surface area contributed by atoms with Crippen molar-refractivity contribution in [3.05, 3.63) is 36.3 Å². The number of aryl methyl sites for hydroxylation is 1. The van der Waals surface area contributed by atoms with Crippen molar-refractivity contribution < 1.29 is 4.39 Å². The zero-order chi connectivity index (χ0) is 11.4. The number of halogens is 1. The second kappa shape index (κ2) is 4.80. The van der Waals surface area contributed by atoms with Gasteiger partial charge in [-0.25, -0.2) is 4.39 Å². The van der Waals surface area contributed by atoms with Gasteiger partial charge in [0.2, 0.25) is 0 Å². The van der Waals surface area contributed by atoms with Crippen molar-refractivity contribution in [2.24, 2.45) is 0 Å². The normalized spacial score (nSPS) is 10.5. The Hall–Kier alpha value is -1.82. The smallest absolute Gasteiger partial charge is 0.132 e. The van der Waals surface area contributed by atoms with E-state index in [1.165, 1.54) is 6.07 Å². The lowest BCUT2D eigenvalue weighted by Gasteiger charge is -2.04. The Kier molecular flexibility index (Phi) is 3.21. The predicted octanol–water partition coefficient (Wildman–Crippen LogP) is 3.47. The lowest BCUT2D eigenvalue weighted by Crippen LogP contribution is -1.95. The molecule has 0 aliphatic heterocycles. The minimum atomic E-state index is -0.173. The molecule has 0 aliphatic carbocycles. The molecule has 0 saturated heterocycles. The highest BCUT2D eigenvalue weighted by Crippen LogP contribution is 2.19. The molecule has 0 radical (unpaired) electrons. The molecule has 0 fully saturated rings. The lowest BCUT2D eigenvalue weighted by atomic mass is 10.2. The van der Waals surface area contributed by atoms with Crippen LogP contribution in [0, 0.1) is 17.1 Å². The Labute approximate surface area is 93.9 Å². The molecular formula is C13H13FN2. The van der Waals surface area contributed by atoms with Gasteiger partial charge in [-0.2, -0.15) is 5.26 Å². The number of rotatable bonds is 4. The fourth-order valence-corrected chi connectivity index (χ4v) is 1.87. The molecule has 2 nitrogen and oxygen atoms in total. The summed E-state index contributed by atoms with van der Waals surface area (Å²) in [7, 11) is 0. The van der Waals surface area contributed by atoms with Gasteiger partial charge in [0.05, 0.1) is 11.6 Å². The van der Waals surface area contributed by atoms with E-state index in [0.717, 1.165) is 24.9 Å². The van der Waals surface area contributed by atoms with E-state index in [-0.39, 0.29) is 5.82 Å². The second-order valence-corrected chi connectivity index (χ2v) is 3.80. The molecule has 2 rings (SSSR count). The minimum Gasteiger partial charge on any atom is -0.347 e. The molecule has 82 valence electrons. The van der Waals surface area contributed by atoms with Gasteiger partial charge in [0.15, 0.2) is 0 Å². The van der Waals surface area contributed by atoms with Crippen molar-refractivity contribution in [3.63, 3.8) is 0 Å². The number of benzene rings is 1. The van der Waals surface area contributed by atoms with Crippen LogP contribution in [0.15, 0.2) is 30.5 Å². The van der Waals surface area contributed by atoms with Crippen molar-refractivity contribution in [2.45, 2.75) is 25.8 Å². The van der Waals surface area contributed by atoms with Crippen LogP contribution in [0.2, 0.25) is 0 Å². The molecular weight excluding hydrogens is 203 g/mol. The van der Waals surface area contributed by atoms with Gasteiger partial charge in [-0.15, -0.1) is 0 Å². The van der Waals surface area contributed by atoms with E-state index in [9.17, 15) is 4.39 Å². The largest absolute Gasteiger partial charge is 0.347 e. The molecule has 0 amide bonds. The van der Waals surface area contributed by atoms with Gasteiger partial charge in [0.1, 0.15) is 5.82 Å². The third-order valence-electron chi connectivity index (χ3n) is 2.70. The van der Waals surface area contributed by atoms with Crippen LogP contribution in [0.5, 0.6) is 0 Å². The summed E-state index contributed by atoms with van der Waals surface area (Å²) in [6.07, 6.45) is 4.34. The monoisotopic (exact) mass is 216 g/mol. The summed E-state index contributed by atoms with van der Waals surface area (Å²) in [5.74, 6) is -0.173. The van der Waals surface area contributed by atoms with Crippen molar-refractivity contribution >= 4 is 10.9 Å². The average molecular weight is 216 g/mol. The van der Waals surface area contributed by atoms with E-state index in [4.69, 9.17) is 5.26 Å². The number of hydrogen-bond donors (Lipinski definition) is 0. The predicted molar refractivity (Wildman–Crippen MR) is 61.4 cm³/mol. The summed E-state index contributed by atoms with van der Waals surface area (Å²) in [6.45, 7) is 0.842. The topological polar surface area (TPSA) is 28.7 Å². The Morgan fingerprint density at radius 2 is 2.12 bits per heavy atom. The van der Waals surface area contributed by atoms with E-state index >= 15 is 0 Å². The van der Waals surface area contributed by atoms with Gasteiger partial charge >= 0.3 is 0 Å². The van der Waals surface area contributed by atoms with Crippen molar-refractivity contribution in [2.75, 3.05) is 0 Å². The van der Waals surface area contributed by atoms with Crippen molar-refractivity contribution in [1.29, 1.82) is 5.26 Å². The second-order valence-electron chi connectivity index (χ2n) is 3.80. The Morgan fingerprint density at radius 1 is 1.25 bits per heavy atom. The van der Waals surface area contributed by atoms with Gasteiger partial charge in [0.25, 0.3) is 0 Å². The third kappa shape index (κ3) is 2.06. The van der Waals surface area contributed by atoms with Gasteiger partial charge in [0, 0.05) is 24.5 Å². The van der Waals surface area contributed by atoms with Crippen LogP contribution in [0.4, 0.5) is 4.39 Å². The molecule has 0 bridgehead atoms. The van der Waals surface area contributed by atoms with Gasteiger partial charge < -0.3 is 4.57 Å². The van der Waals surface area contributed by atoms with Gasteiger partial charge in [-0.3, -0.25) is 0 Å². The number of unbranched alkanes of at least 4 members (excludes halogenated alkanes) is 2. The van der Waals surface area contributed by atoms with Crippen LogP contribution in [0.1, 0.15) is 19.3 Å². The fraction of sp³-hybridized carbons (Fsp3) is 0.308. The molecule has 0 spiro atoms. The van der Waals surface area contributed by atoms with E-state index < -0.39 is 0 Å². The summed E-state index contributed by atoms with van der Waals surface area (Å²) >= 11 is 0. The van der Waals surface area contributed by atoms with Crippen LogP contribution < -0.4 is 0 Å². The molecule has 2 aromatic rings. The van der Waals surface area contributed by atoms with Gasteiger partial charge in [-0.1, -0.05) is 6.07 Å². The van der Waals surface area contributed by atoms with Crippen LogP contribution in [-0.2, 0) is 6.54 Å². The van der Waals surface area contributed by atoms with Crippen molar-refractivity contribution in [1.82, 2.24) is 4.57 Å². The van der Waals surface area contributed by atoms with Crippen LogP contribution >= 0.6 is 0 Å². The van der Waals surface area contributed by atoms with E-state index in [2.05, 4.69) is 6.07 Å². The molecule has 16 heavy (non-hydrogen) atoms. The third-order valence-corrected chi connectivity index (χ3v) is 2.70. The Bertz CT molecular complexity index is 522. The summed E-state index contributed by atoms with van der Waals surface area (Å²) in [6, 6.07) is 9.04. The lowest BCUT2D eigenvalue weighted by molar-refractivity contribution is 0.628. The first kappa shape index (κ1) is 10.7. The highest BCUT2D eigenvalue weighted by atomic mass is 19.1. The maximum atomic E-state index is 13.4. The Morgan fingerprint density at radius 3 is 2.94 bits per heavy atom. The maximum absolute atomic E-state index is 13.4. The average Bonchev–Trinajstić information content (AvgIpc) is 2.70. The van der Waals surface area contributed by atoms with Crippen LogP contribution in [0.25, 0.3) is 10.9 Å². The molecule has 0 aliphatic rings. The van der Waals surface area contributed by atoms with E-state index in [0.29, 0.717) is 11.8 Å². The van der Waals surface area contributed by atoms with Gasteiger partial charge in [-0.05, 0) is 31.0 Å². The van der Waals surface area contributed by atoms with Crippen LogP contribution in [-0.4, -0.2) is 4.57 Å². The number of hydrogen-bond acceptors (Lipinski definition) is 1. The van der Waals surface area contributed by atoms with Crippen LogP contribution in [0.3, 0.4) is 0 Å². The molecule has 1 heterocycles. The zero-order valence-electron chi connectivity index (χ0n) is 8.99. The first-order valence-electron chi connectivity index (χ1n) is 5.43. The molecule has 0 atom stereocenters. The Balaban J connectivity index is 2.14. The molecule has 0 saturated carbocycles. The van der Waals surface area contributed by atoms with E-state index in [1.807, 2.05) is 16.8 Å². The standard InChI is InChI=1S/C13H13FN2/c14-12-5-4-6-13-11(12)7-10-16(13)9-3-1-2-8-15/h4-7,10H,1-3,9H2. The quantitative estimate of drug-likeness (QED) is 0.719. The SMILES string of the molecule is N#CCCCCn1ccc2c(F)cccc21. The molecule has 3 heteroatoms. The summed E-state index contributed by atoms with van der Waals surface area (Å²) in [5.41, 5.74) is 0.928. The molecule has 0 N–H and O–H groups in total. The van der Waals surface area contributed by atoms with Crippen molar-refractivity contribution in [3.8, 4) is 6.07 Å². The summed E-state index contributed by atoms with van der Waals surface area (Å²) in [5, 5.41) is 9.09. The fourth-order valence-electron chi connectivity index (χ4n) is 1.87. The number of nitriles is 1. The summed E-state index contributed by atoms with van der Waals surface area (Å²) < 4.78 is 15.4. The first-order valence-corrected chi connectivity index (χ1v) is 5.43. The zero-order valence-corrected chi connectivity index (χ0v) is 8.99. The highest BCUT2D eigenvalue weighted by Gasteiger charge is 2.04. The molecule has 1 aromatic heterocycles. The summed E-state index contributed by atoms with van der Waals surface area (Å²) in [4.78, 5) is 0. The van der Waals surface area contributed by atoms with E-state index in [1.54, 1.807) is 12.1 Å². The number of nitrogens with zero attached hydrogens (tertiary/aromatic N) is 2.